The van der Waals surface area contributed by atoms with Crippen LogP contribution in [-0.2, 0) is 17.0 Å². The number of para-hydroxylation sites is 1. The number of amides is 1. The third-order valence-electron chi connectivity index (χ3n) is 3.90. The normalized spacial score (nSPS) is 11.0. The van der Waals surface area contributed by atoms with E-state index >= 15 is 0 Å². The highest BCUT2D eigenvalue weighted by Crippen LogP contribution is 2.31. The molecule has 1 amide bonds. The average molecular weight is 413 g/mol. The van der Waals surface area contributed by atoms with Crippen molar-refractivity contribution in [3.8, 4) is 0 Å². The summed E-state index contributed by atoms with van der Waals surface area (Å²) in [5.74, 6) is 0.675. The van der Waals surface area contributed by atoms with E-state index in [0.29, 0.717) is 0 Å². The summed E-state index contributed by atoms with van der Waals surface area (Å²) in [6.45, 7) is 1.98. The van der Waals surface area contributed by atoms with Crippen LogP contribution in [0.1, 0.15) is 16.3 Å². The van der Waals surface area contributed by atoms with Crippen LogP contribution in [0.2, 0.25) is 0 Å². The van der Waals surface area contributed by atoms with Crippen molar-refractivity contribution in [1.29, 1.82) is 0 Å². The monoisotopic (exact) mass is 412 g/mol. The maximum atomic E-state index is 12.3. The second-order valence-corrected chi connectivity index (χ2v) is 8.70. The van der Waals surface area contributed by atoms with Crippen LogP contribution in [0.4, 0.5) is 5.69 Å². The molecule has 0 aliphatic heterocycles. The van der Waals surface area contributed by atoms with Gasteiger partial charge in [0.15, 0.2) is 0 Å². The van der Waals surface area contributed by atoms with Crippen LogP contribution in [0.25, 0.3) is 10.2 Å². The van der Waals surface area contributed by atoms with E-state index in [2.05, 4.69) is 20.3 Å². The van der Waals surface area contributed by atoms with Crippen molar-refractivity contribution in [2.24, 2.45) is 0 Å². The molecule has 1 aromatic carbocycles. The Labute approximate surface area is 168 Å². The van der Waals surface area contributed by atoms with Crippen LogP contribution in [0.5, 0.6) is 0 Å². The molecule has 0 atom stereocenters. The molecule has 1 N–H and O–H groups in total. The van der Waals surface area contributed by atoms with E-state index in [9.17, 15) is 4.79 Å². The fraction of sp³-hybridized carbons (Fsp3) is 0.158. The van der Waals surface area contributed by atoms with Crippen molar-refractivity contribution in [2.45, 2.75) is 24.1 Å². The summed E-state index contributed by atoms with van der Waals surface area (Å²) in [6, 6.07) is 9.76. The number of thioether (sulfide) groups is 1. The van der Waals surface area contributed by atoms with E-state index < -0.39 is 0 Å². The van der Waals surface area contributed by atoms with Crippen molar-refractivity contribution in [3.63, 3.8) is 0 Å². The van der Waals surface area contributed by atoms with Gasteiger partial charge >= 0.3 is 0 Å². The Morgan fingerprint density at radius 2 is 2.07 bits per heavy atom. The van der Waals surface area contributed by atoms with Gasteiger partial charge in [-0.05, 0) is 30.0 Å². The van der Waals surface area contributed by atoms with Crippen LogP contribution in [0.15, 0.2) is 52.4 Å². The molecule has 0 spiro atoms. The van der Waals surface area contributed by atoms with Gasteiger partial charge in [-0.1, -0.05) is 30.0 Å². The molecule has 0 aliphatic rings. The van der Waals surface area contributed by atoms with Gasteiger partial charge in [0.2, 0.25) is 5.91 Å². The molecule has 0 radical (unpaired) electrons. The SMILES string of the molecule is Cc1ccccc1NC(=O)Cc1nc(CSc2ncnc3ccsc23)cs1. The number of rotatable bonds is 6. The van der Waals surface area contributed by atoms with Crippen molar-refractivity contribution in [1.82, 2.24) is 15.0 Å². The Kier molecular flexibility index (Phi) is 5.47. The summed E-state index contributed by atoms with van der Waals surface area (Å²) in [5.41, 5.74) is 3.83. The molecule has 3 aromatic heterocycles. The molecule has 8 heteroatoms. The molecule has 0 fully saturated rings. The molecule has 4 rings (SSSR count). The lowest BCUT2D eigenvalue weighted by Crippen LogP contribution is -2.15. The Hall–Kier alpha value is -2.29. The minimum atomic E-state index is -0.0473. The first-order chi connectivity index (χ1) is 13.2. The summed E-state index contributed by atoms with van der Waals surface area (Å²) in [5, 5.41) is 8.78. The molecule has 0 unspecified atom stereocenters. The summed E-state index contributed by atoms with van der Waals surface area (Å²) >= 11 is 4.81. The number of hydrogen-bond donors (Lipinski definition) is 1. The van der Waals surface area contributed by atoms with Gasteiger partial charge in [0.1, 0.15) is 16.4 Å². The first-order valence-corrected chi connectivity index (χ1v) is 11.0. The Bertz CT molecular complexity index is 1090. The van der Waals surface area contributed by atoms with Crippen LogP contribution < -0.4 is 5.32 Å². The molecule has 4 aromatic rings. The fourth-order valence-corrected chi connectivity index (χ4v) is 5.29. The maximum absolute atomic E-state index is 12.3. The number of anilines is 1. The van der Waals surface area contributed by atoms with Gasteiger partial charge in [0, 0.05) is 16.8 Å². The number of carbonyl (C=O) groups excluding carboxylic acids is 1. The van der Waals surface area contributed by atoms with E-state index in [0.717, 1.165) is 42.9 Å². The molecule has 0 aliphatic carbocycles. The van der Waals surface area contributed by atoms with Gasteiger partial charge in [-0.25, -0.2) is 15.0 Å². The lowest BCUT2D eigenvalue weighted by atomic mass is 10.2. The number of benzene rings is 1. The zero-order valence-electron chi connectivity index (χ0n) is 14.5. The molecule has 0 bridgehead atoms. The number of thiophene rings is 1. The smallest absolute Gasteiger partial charge is 0.231 e. The molecule has 5 nitrogen and oxygen atoms in total. The van der Waals surface area contributed by atoms with Crippen molar-refractivity contribution in [2.75, 3.05) is 5.32 Å². The predicted molar refractivity (Wildman–Crippen MR) is 113 cm³/mol. The van der Waals surface area contributed by atoms with E-state index in [4.69, 9.17) is 0 Å². The average Bonchev–Trinajstić information content (AvgIpc) is 3.31. The van der Waals surface area contributed by atoms with Crippen molar-refractivity contribution < 1.29 is 4.79 Å². The van der Waals surface area contributed by atoms with E-state index in [1.807, 2.05) is 48.0 Å². The van der Waals surface area contributed by atoms with E-state index in [1.165, 1.54) is 11.3 Å². The van der Waals surface area contributed by atoms with Gasteiger partial charge in [-0.2, -0.15) is 0 Å². The first kappa shape index (κ1) is 18.1. The molecule has 3 heterocycles. The minimum absolute atomic E-state index is 0.0473. The highest BCUT2D eigenvalue weighted by Gasteiger charge is 2.11. The van der Waals surface area contributed by atoms with Crippen LogP contribution >= 0.6 is 34.4 Å². The molecule has 136 valence electrons. The Morgan fingerprint density at radius 1 is 1.19 bits per heavy atom. The highest BCUT2D eigenvalue weighted by atomic mass is 32.2. The number of aryl methyl sites for hydroxylation is 1. The van der Waals surface area contributed by atoms with Gasteiger partial charge in [0.25, 0.3) is 0 Å². The number of carbonyl (C=O) groups is 1. The maximum Gasteiger partial charge on any atom is 0.231 e. The van der Waals surface area contributed by atoms with Gasteiger partial charge in [-0.3, -0.25) is 4.79 Å². The van der Waals surface area contributed by atoms with Crippen LogP contribution in [-0.4, -0.2) is 20.9 Å². The number of hydrogen-bond acceptors (Lipinski definition) is 7. The highest BCUT2D eigenvalue weighted by molar-refractivity contribution is 7.98. The number of nitrogens with zero attached hydrogens (tertiary/aromatic N) is 3. The second-order valence-electron chi connectivity index (χ2n) is 5.87. The topological polar surface area (TPSA) is 67.8 Å². The van der Waals surface area contributed by atoms with Gasteiger partial charge in [-0.15, -0.1) is 22.7 Å². The lowest BCUT2D eigenvalue weighted by Gasteiger charge is -2.06. The van der Waals surface area contributed by atoms with Crippen molar-refractivity contribution >= 4 is 56.2 Å². The summed E-state index contributed by atoms with van der Waals surface area (Å²) in [4.78, 5) is 25.5. The number of thiazole rings is 1. The Morgan fingerprint density at radius 3 is 2.96 bits per heavy atom. The third kappa shape index (κ3) is 4.35. The molecule has 0 saturated carbocycles. The second kappa shape index (κ2) is 8.16. The Balaban J connectivity index is 1.36. The summed E-state index contributed by atoms with van der Waals surface area (Å²) < 4.78 is 1.11. The summed E-state index contributed by atoms with van der Waals surface area (Å²) in [6.07, 6.45) is 1.88. The minimum Gasteiger partial charge on any atom is -0.325 e. The van der Waals surface area contributed by atoms with Gasteiger partial charge < -0.3 is 5.32 Å². The predicted octanol–water partition coefficient (Wildman–Crippen LogP) is 4.93. The zero-order valence-corrected chi connectivity index (χ0v) is 17.0. The molecule has 27 heavy (non-hydrogen) atoms. The van der Waals surface area contributed by atoms with E-state index in [-0.39, 0.29) is 12.3 Å². The lowest BCUT2D eigenvalue weighted by molar-refractivity contribution is -0.115. The standard InChI is InChI=1S/C19H16N4OS3/c1-12-4-2-3-5-14(12)23-16(24)8-17-22-13(9-26-17)10-27-19-18-15(6-7-25-18)20-11-21-19/h2-7,9,11H,8,10H2,1H3,(H,23,24). The molecule has 0 saturated heterocycles. The summed E-state index contributed by atoms with van der Waals surface area (Å²) in [7, 11) is 0. The zero-order chi connectivity index (χ0) is 18.6. The molecular weight excluding hydrogens is 396 g/mol. The quantitative estimate of drug-likeness (QED) is 0.359. The number of aromatic nitrogens is 3. The van der Waals surface area contributed by atoms with Crippen molar-refractivity contribution in [3.05, 3.63) is 63.7 Å². The van der Waals surface area contributed by atoms with Gasteiger partial charge in [0.05, 0.1) is 22.3 Å². The number of nitrogens with one attached hydrogen (secondary N) is 1. The third-order valence-corrected chi connectivity index (χ3v) is 6.86. The fourth-order valence-electron chi connectivity index (χ4n) is 2.55. The number of fused-ring (bicyclic) bond motifs is 1. The molecular formula is C19H16N4OS3. The van der Waals surface area contributed by atoms with Crippen LogP contribution in [0.3, 0.4) is 0 Å². The van der Waals surface area contributed by atoms with Crippen LogP contribution in [0, 0.1) is 6.92 Å². The first-order valence-electron chi connectivity index (χ1n) is 8.29. The van der Waals surface area contributed by atoms with E-state index in [1.54, 1.807) is 29.4 Å². The largest absolute Gasteiger partial charge is 0.325 e.